The summed E-state index contributed by atoms with van der Waals surface area (Å²) < 4.78 is 0. The van der Waals surface area contributed by atoms with Gasteiger partial charge in [0.2, 0.25) is 5.91 Å². The molecule has 10 heteroatoms. The number of carbonyl (C=O) groups is 4. The molecule has 3 aromatic rings. The van der Waals surface area contributed by atoms with E-state index in [1.54, 1.807) is 48.7 Å². The predicted molar refractivity (Wildman–Crippen MR) is 154 cm³/mol. The van der Waals surface area contributed by atoms with E-state index in [2.05, 4.69) is 20.5 Å². The van der Waals surface area contributed by atoms with E-state index < -0.39 is 17.9 Å². The maximum absolute atomic E-state index is 13.4. The molecule has 0 radical (unpaired) electrons. The Morgan fingerprint density at radius 3 is 2.32 bits per heavy atom. The van der Waals surface area contributed by atoms with E-state index in [1.165, 1.54) is 6.20 Å². The van der Waals surface area contributed by atoms with Crippen LogP contribution in [0, 0.1) is 12.8 Å². The van der Waals surface area contributed by atoms with Crippen molar-refractivity contribution >= 4 is 35.1 Å². The van der Waals surface area contributed by atoms with Gasteiger partial charge in [0, 0.05) is 50.1 Å². The Hall–Kier alpha value is -4.73. The number of carbonyl (C=O) groups excluding carboxylic acids is 3. The number of nitrogens with one attached hydrogen (secondary N) is 2. The summed E-state index contributed by atoms with van der Waals surface area (Å²) >= 11 is 0. The molecular weight excluding hydrogens is 522 g/mol. The maximum atomic E-state index is 13.4. The van der Waals surface area contributed by atoms with Crippen molar-refractivity contribution in [2.45, 2.75) is 32.2 Å². The predicted octanol–water partition coefficient (Wildman–Crippen LogP) is 3.65. The fraction of sp³-hybridized carbons (Fsp3) is 0.323. The second kappa shape index (κ2) is 12.2. The average molecular weight is 556 g/mol. The maximum Gasteiger partial charge on any atom is 0.305 e. The first-order chi connectivity index (χ1) is 19.8. The molecule has 10 nitrogen and oxygen atoms in total. The lowest BCUT2D eigenvalue weighted by atomic mass is 10.0. The molecule has 2 heterocycles. The van der Waals surface area contributed by atoms with Gasteiger partial charge < -0.3 is 25.5 Å². The van der Waals surface area contributed by atoms with E-state index in [4.69, 9.17) is 0 Å². The minimum Gasteiger partial charge on any atom is -0.481 e. The normalized spacial score (nSPS) is 15.6. The van der Waals surface area contributed by atoms with Crippen molar-refractivity contribution in [3.8, 4) is 0 Å². The molecule has 2 fully saturated rings. The highest BCUT2D eigenvalue weighted by Crippen LogP contribution is 2.33. The van der Waals surface area contributed by atoms with Crippen molar-refractivity contribution in [2.75, 3.05) is 36.4 Å². The molecule has 1 aromatic heterocycles. The number of hydrogen-bond donors (Lipinski definition) is 3. The molecule has 1 saturated carbocycles. The summed E-state index contributed by atoms with van der Waals surface area (Å²) in [6.07, 6.45) is 4.69. The van der Waals surface area contributed by atoms with Crippen molar-refractivity contribution < 1.29 is 24.3 Å². The molecule has 0 bridgehead atoms. The van der Waals surface area contributed by atoms with Crippen molar-refractivity contribution in [3.63, 3.8) is 0 Å². The van der Waals surface area contributed by atoms with Gasteiger partial charge in [-0.2, -0.15) is 0 Å². The van der Waals surface area contributed by atoms with Crippen molar-refractivity contribution in [1.82, 2.24) is 15.2 Å². The van der Waals surface area contributed by atoms with Crippen LogP contribution in [0.2, 0.25) is 0 Å². The molecule has 41 heavy (non-hydrogen) atoms. The number of benzene rings is 2. The number of pyridine rings is 1. The van der Waals surface area contributed by atoms with Crippen LogP contribution in [0.1, 0.15) is 57.1 Å². The summed E-state index contributed by atoms with van der Waals surface area (Å²) in [7, 11) is 0. The molecule has 3 amide bonds. The first kappa shape index (κ1) is 27.8. The van der Waals surface area contributed by atoms with Gasteiger partial charge >= 0.3 is 5.97 Å². The van der Waals surface area contributed by atoms with Crippen molar-refractivity contribution in [2.24, 2.45) is 5.92 Å². The van der Waals surface area contributed by atoms with Gasteiger partial charge in [0.05, 0.1) is 29.4 Å². The number of aliphatic carboxylic acids is 1. The molecule has 2 aliphatic rings. The summed E-state index contributed by atoms with van der Waals surface area (Å²) in [5, 5.41) is 15.2. The average Bonchev–Trinajstić information content (AvgIpc) is 3.83. The zero-order valence-electron chi connectivity index (χ0n) is 22.9. The quantitative estimate of drug-likeness (QED) is 0.367. The zero-order chi connectivity index (χ0) is 28.9. The molecule has 1 unspecified atom stereocenters. The van der Waals surface area contributed by atoms with Crippen LogP contribution in [0.15, 0.2) is 67.0 Å². The van der Waals surface area contributed by atoms with Crippen molar-refractivity contribution in [3.05, 3.63) is 89.2 Å². The molecule has 1 aliphatic heterocycles. The lowest BCUT2D eigenvalue weighted by molar-refractivity contribution is -0.137. The van der Waals surface area contributed by atoms with Gasteiger partial charge in [0.15, 0.2) is 0 Å². The summed E-state index contributed by atoms with van der Waals surface area (Å²) in [4.78, 5) is 58.6. The number of aryl methyl sites for hydroxylation is 1. The van der Waals surface area contributed by atoms with Gasteiger partial charge in [-0.15, -0.1) is 0 Å². The third kappa shape index (κ3) is 6.89. The molecular formula is C31H33N5O5. The van der Waals surface area contributed by atoms with E-state index >= 15 is 0 Å². The molecule has 1 atom stereocenters. The highest BCUT2D eigenvalue weighted by Gasteiger charge is 2.35. The third-order valence-electron chi connectivity index (χ3n) is 7.45. The van der Waals surface area contributed by atoms with Gasteiger partial charge in [0.25, 0.3) is 11.8 Å². The van der Waals surface area contributed by atoms with Crippen LogP contribution in [0.4, 0.5) is 11.4 Å². The number of rotatable bonds is 9. The lowest BCUT2D eigenvalue weighted by Crippen LogP contribution is -2.49. The first-order valence-electron chi connectivity index (χ1n) is 13.8. The second-order valence-corrected chi connectivity index (χ2v) is 10.5. The number of nitrogens with zero attached hydrogens (tertiary/aromatic N) is 3. The standard InChI is InChI=1S/C31H33N5O5/c1-20-4-6-21(7-5-20)25(18-28(37)38)33-29(39)23-10-11-27(26(17-23)34-30(40)24-3-2-12-32-19-24)35-13-15-36(16-14-35)31(41)22-8-9-22/h2-7,10-12,17,19,22,25H,8-9,13-16,18H2,1H3,(H,33,39)(H,34,40)(H,37,38). The van der Waals surface area contributed by atoms with E-state index in [1.807, 2.05) is 24.0 Å². The molecule has 1 saturated heterocycles. The summed E-state index contributed by atoms with van der Waals surface area (Å²) in [5.41, 5.74) is 3.54. The fourth-order valence-corrected chi connectivity index (χ4v) is 4.97. The van der Waals surface area contributed by atoms with E-state index in [-0.39, 0.29) is 29.7 Å². The first-order valence-corrected chi connectivity index (χ1v) is 13.8. The summed E-state index contributed by atoms with van der Waals surface area (Å²) in [6, 6.07) is 15.0. The van der Waals surface area contributed by atoms with Gasteiger partial charge in [-0.25, -0.2) is 0 Å². The van der Waals surface area contributed by atoms with Crippen LogP contribution in [-0.2, 0) is 9.59 Å². The molecule has 1 aliphatic carbocycles. The molecule has 2 aromatic carbocycles. The zero-order valence-corrected chi connectivity index (χ0v) is 22.9. The van der Waals surface area contributed by atoms with E-state index in [0.717, 1.165) is 24.1 Å². The minimum atomic E-state index is -1.03. The number of amides is 3. The fourth-order valence-electron chi connectivity index (χ4n) is 4.97. The van der Waals surface area contributed by atoms with Crippen LogP contribution in [0.25, 0.3) is 0 Å². The summed E-state index contributed by atoms with van der Waals surface area (Å²) in [5.74, 6) is -1.48. The van der Waals surface area contributed by atoms with Gasteiger partial charge in [-0.1, -0.05) is 29.8 Å². The third-order valence-corrected chi connectivity index (χ3v) is 7.45. The van der Waals surface area contributed by atoms with Crippen molar-refractivity contribution in [1.29, 1.82) is 0 Å². The molecule has 3 N–H and O–H groups in total. The molecule has 0 spiro atoms. The minimum absolute atomic E-state index is 0.165. The van der Waals surface area contributed by atoms with Gasteiger partial charge in [0.1, 0.15) is 0 Å². The molecule has 212 valence electrons. The number of piperazine rings is 1. The molecule has 5 rings (SSSR count). The Morgan fingerprint density at radius 1 is 0.951 bits per heavy atom. The topological polar surface area (TPSA) is 132 Å². The van der Waals surface area contributed by atoms with Crippen LogP contribution in [0.5, 0.6) is 0 Å². The second-order valence-electron chi connectivity index (χ2n) is 10.5. The number of aromatic nitrogens is 1. The largest absolute Gasteiger partial charge is 0.481 e. The monoisotopic (exact) mass is 555 g/mol. The Bertz CT molecular complexity index is 1430. The Labute approximate surface area is 238 Å². The van der Waals surface area contributed by atoms with E-state index in [9.17, 15) is 24.3 Å². The van der Waals surface area contributed by atoms with Crippen LogP contribution in [0.3, 0.4) is 0 Å². The number of anilines is 2. The smallest absolute Gasteiger partial charge is 0.305 e. The van der Waals surface area contributed by atoms with E-state index in [0.29, 0.717) is 43.0 Å². The SMILES string of the molecule is Cc1ccc(C(CC(=O)O)NC(=O)c2ccc(N3CCN(C(=O)C4CC4)CC3)c(NC(=O)c3cccnc3)c2)cc1. The van der Waals surface area contributed by atoms with Gasteiger partial charge in [-0.3, -0.25) is 24.2 Å². The van der Waals surface area contributed by atoms with Crippen LogP contribution in [-0.4, -0.2) is 64.9 Å². The highest BCUT2D eigenvalue weighted by atomic mass is 16.4. The number of hydrogen-bond acceptors (Lipinski definition) is 6. The Balaban J connectivity index is 1.38. The number of carboxylic acid groups (broad SMARTS) is 1. The van der Waals surface area contributed by atoms with Crippen LogP contribution < -0.4 is 15.5 Å². The Kier molecular flexibility index (Phi) is 8.28. The number of carboxylic acids is 1. The van der Waals surface area contributed by atoms with Gasteiger partial charge in [-0.05, 0) is 55.7 Å². The van der Waals surface area contributed by atoms with Crippen LogP contribution >= 0.6 is 0 Å². The highest BCUT2D eigenvalue weighted by molar-refractivity contribution is 6.07. The summed E-state index contributed by atoms with van der Waals surface area (Å²) in [6.45, 7) is 4.28. The lowest BCUT2D eigenvalue weighted by Gasteiger charge is -2.37. The Morgan fingerprint density at radius 2 is 1.68 bits per heavy atom.